The lowest BCUT2D eigenvalue weighted by Crippen LogP contribution is -2.74. The van der Waals surface area contributed by atoms with Crippen molar-refractivity contribution in [2.45, 2.75) is 6.42 Å². The molecular weight excluding hydrogens is 364 g/mol. The third kappa shape index (κ3) is 2.88. The molecule has 0 bridgehead atoms. The number of benzene rings is 1. The standard InChI is InChI=1S/C20H21ClN4O2/c21-15-5-6-16-17(10-15)27-9-3-8-25(16)19(26)24-13-20(14-24)11-23(12-20)18-4-1-2-7-22-18/h1-2,4-7,10H,3,8-9,11-14H2. The number of likely N-dealkylation sites (tertiary alicyclic amines) is 1. The van der Waals surface area contributed by atoms with Gasteiger partial charge in [0.05, 0.1) is 12.3 Å². The highest BCUT2D eigenvalue weighted by Gasteiger charge is 2.54. The molecule has 2 fully saturated rings. The van der Waals surface area contributed by atoms with Crippen LogP contribution in [0.5, 0.6) is 5.75 Å². The zero-order chi connectivity index (χ0) is 18.4. The van der Waals surface area contributed by atoms with Gasteiger partial charge in [-0.2, -0.15) is 0 Å². The maximum atomic E-state index is 13.1. The molecule has 1 spiro atoms. The van der Waals surface area contributed by atoms with Gasteiger partial charge in [0.25, 0.3) is 0 Å². The molecule has 0 atom stereocenters. The fraction of sp³-hybridized carbons (Fsp3) is 0.400. The number of hydrogen-bond donors (Lipinski definition) is 0. The third-order valence-corrected chi connectivity index (χ3v) is 5.81. The monoisotopic (exact) mass is 384 g/mol. The molecule has 2 saturated heterocycles. The van der Waals surface area contributed by atoms with E-state index >= 15 is 0 Å². The van der Waals surface area contributed by atoms with Crippen molar-refractivity contribution in [2.24, 2.45) is 5.41 Å². The van der Waals surface area contributed by atoms with Crippen LogP contribution >= 0.6 is 11.6 Å². The van der Waals surface area contributed by atoms with Crippen LogP contribution in [0.25, 0.3) is 0 Å². The van der Waals surface area contributed by atoms with Gasteiger partial charge in [-0.25, -0.2) is 9.78 Å². The number of fused-ring (bicyclic) bond motifs is 1. The Morgan fingerprint density at radius 3 is 2.78 bits per heavy atom. The zero-order valence-corrected chi connectivity index (χ0v) is 15.7. The van der Waals surface area contributed by atoms with Crippen LogP contribution in [0, 0.1) is 5.41 Å². The number of amides is 2. The highest BCUT2D eigenvalue weighted by Crippen LogP contribution is 2.42. The van der Waals surface area contributed by atoms with Gasteiger partial charge in [-0.3, -0.25) is 4.90 Å². The second-order valence-corrected chi connectivity index (χ2v) is 8.08. The molecule has 1 aromatic carbocycles. The average Bonchev–Trinajstić information content (AvgIpc) is 2.82. The number of anilines is 2. The molecular formula is C20H21ClN4O2. The Morgan fingerprint density at radius 2 is 2.00 bits per heavy atom. The Labute approximate surface area is 163 Å². The average molecular weight is 385 g/mol. The van der Waals surface area contributed by atoms with E-state index in [-0.39, 0.29) is 11.4 Å². The molecule has 0 unspecified atom stereocenters. The van der Waals surface area contributed by atoms with Gasteiger partial charge in [0.1, 0.15) is 11.6 Å². The molecule has 2 amide bonds. The normalized spacial score (nSPS) is 20.3. The molecule has 7 heteroatoms. The molecule has 3 aliphatic rings. The van der Waals surface area contributed by atoms with E-state index in [1.165, 1.54) is 0 Å². The number of halogens is 1. The van der Waals surface area contributed by atoms with Crippen molar-refractivity contribution in [1.82, 2.24) is 9.88 Å². The quantitative estimate of drug-likeness (QED) is 0.757. The minimum atomic E-state index is 0.0611. The van der Waals surface area contributed by atoms with Crippen molar-refractivity contribution in [2.75, 3.05) is 49.1 Å². The highest BCUT2D eigenvalue weighted by molar-refractivity contribution is 6.30. The Morgan fingerprint density at radius 1 is 1.15 bits per heavy atom. The summed E-state index contributed by atoms with van der Waals surface area (Å²) in [7, 11) is 0. The van der Waals surface area contributed by atoms with Gasteiger partial charge in [0.15, 0.2) is 0 Å². The van der Waals surface area contributed by atoms with Crippen LogP contribution in [-0.4, -0.2) is 55.2 Å². The van der Waals surface area contributed by atoms with Gasteiger partial charge in [-0.1, -0.05) is 17.7 Å². The van der Waals surface area contributed by atoms with E-state index in [9.17, 15) is 4.79 Å². The molecule has 1 aromatic heterocycles. The van der Waals surface area contributed by atoms with E-state index in [0.29, 0.717) is 23.9 Å². The Bertz CT molecular complexity index is 862. The number of ether oxygens (including phenoxy) is 1. The molecule has 0 aliphatic carbocycles. The predicted octanol–water partition coefficient (Wildman–Crippen LogP) is 3.27. The van der Waals surface area contributed by atoms with E-state index in [2.05, 4.69) is 9.88 Å². The van der Waals surface area contributed by atoms with Crippen molar-refractivity contribution in [3.63, 3.8) is 0 Å². The van der Waals surface area contributed by atoms with Crippen LogP contribution in [0.15, 0.2) is 42.6 Å². The van der Waals surface area contributed by atoms with Crippen molar-refractivity contribution in [1.29, 1.82) is 0 Å². The first-order chi connectivity index (χ1) is 13.1. The van der Waals surface area contributed by atoms with E-state index in [0.717, 1.165) is 44.1 Å². The van der Waals surface area contributed by atoms with Gasteiger partial charge in [-0.15, -0.1) is 0 Å². The summed E-state index contributed by atoms with van der Waals surface area (Å²) in [6.45, 7) is 4.79. The number of carbonyl (C=O) groups excluding carboxylic acids is 1. The topological polar surface area (TPSA) is 48.9 Å². The minimum Gasteiger partial charge on any atom is -0.491 e. The number of urea groups is 1. The molecule has 4 heterocycles. The summed E-state index contributed by atoms with van der Waals surface area (Å²) in [5, 5.41) is 0.620. The Kier molecular flexibility index (Phi) is 3.90. The van der Waals surface area contributed by atoms with Gasteiger partial charge in [-0.05, 0) is 30.7 Å². The van der Waals surface area contributed by atoms with E-state index in [1.54, 1.807) is 6.07 Å². The Balaban J connectivity index is 1.25. The van der Waals surface area contributed by atoms with Crippen LogP contribution in [-0.2, 0) is 0 Å². The number of carbonyl (C=O) groups is 1. The minimum absolute atomic E-state index is 0.0611. The first kappa shape index (κ1) is 16.7. The molecule has 140 valence electrons. The maximum absolute atomic E-state index is 13.1. The fourth-order valence-electron chi connectivity index (χ4n) is 4.29. The molecule has 0 N–H and O–H groups in total. The van der Waals surface area contributed by atoms with Crippen LogP contribution in [0.2, 0.25) is 5.02 Å². The summed E-state index contributed by atoms with van der Waals surface area (Å²) in [4.78, 5) is 23.6. The number of hydrogen-bond acceptors (Lipinski definition) is 4. The van der Waals surface area contributed by atoms with E-state index < -0.39 is 0 Å². The van der Waals surface area contributed by atoms with Crippen molar-refractivity contribution < 1.29 is 9.53 Å². The van der Waals surface area contributed by atoms with Gasteiger partial charge < -0.3 is 14.5 Å². The van der Waals surface area contributed by atoms with Crippen LogP contribution in [0.3, 0.4) is 0 Å². The predicted molar refractivity (Wildman–Crippen MR) is 105 cm³/mol. The summed E-state index contributed by atoms with van der Waals surface area (Å²) < 4.78 is 5.77. The summed E-state index contributed by atoms with van der Waals surface area (Å²) in [6, 6.07) is 11.5. The number of pyridine rings is 1. The van der Waals surface area contributed by atoms with Gasteiger partial charge >= 0.3 is 6.03 Å². The molecule has 0 saturated carbocycles. The second kappa shape index (κ2) is 6.30. The Hall–Kier alpha value is -2.47. The fourth-order valence-corrected chi connectivity index (χ4v) is 4.45. The van der Waals surface area contributed by atoms with Crippen LogP contribution in [0.4, 0.5) is 16.3 Å². The largest absolute Gasteiger partial charge is 0.491 e. The van der Waals surface area contributed by atoms with E-state index in [1.807, 2.05) is 46.3 Å². The van der Waals surface area contributed by atoms with Crippen LogP contribution < -0.4 is 14.5 Å². The van der Waals surface area contributed by atoms with Crippen molar-refractivity contribution >= 4 is 29.1 Å². The molecule has 0 radical (unpaired) electrons. The van der Waals surface area contributed by atoms with Crippen molar-refractivity contribution in [3.05, 3.63) is 47.6 Å². The number of aromatic nitrogens is 1. The summed E-state index contributed by atoms with van der Waals surface area (Å²) in [6.07, 6.45) is 2.63. The SMILES string of the molecule is O=C(N1CC2(C1)CN(c1ccccn1)C2)N1CCCOc2cc(Cl)ccc21. The number of nitrogens with zero attached hydrogens (tertiary/aromatic N) is 4. The maximum Gasteiger partial charge on any atom is 0.324 e. The molecule has 27 heavy (non-hydrogen) atoms. The smallest absolute Gasteiger partial charge is 0.324 e. The molecule has 6 nitrogen and oxygen atoms in total. The first-order valence-corrected chi connectivity index (χ1v) is 9.66. The lowest BCUT2D eigenvalue weighted by Gasteiger charge is -2.60. The molecule has 3 aliphatic heterocycles. The molecule has 5 rings (SSSR count). The second-order valence-electron chi connectivity index (χ2n) is 7.65. The van der Waals surface area contributed by atoms with Crippen LogP contribution in [0.1, 0.15) is 6.42 Å². The summed E-state index contributed by atoms with van der Waals surface area (Å²) in [5.74, 6) is 1.71. The molecule has 2 aromatic rings. The van der Waals surface area contributed by atoms with Crippen molar-refractivity contribution in [3.8, 4) is 5.75 Å². The first-order valence-electron chi connectivity index (χ1n) is 9.28. The summed E-state index contributed by atoms with van der Waals surface area (Å²) >= 11 is 6.08. The summed E-state index contributed by atoms with van der Waals surface area (Å²) in [5.41, 5.74) is 1.03. The van der Waals surface area contributed by atoms with E-state index in [4.69, 9.17) is 16.3 Å². The zero-order valence-electron chi connectivity index (χ0n) is 15.0. The highest BCUT2D eigenvalue weighted by atomic mass is 35.5. The van der Waals surface area contributed by atoms with Gasteiger partial charge in [0, 0.05) is 55.4 Å². The number of rotatable bonds is 1. The lowest BCUT2D eigenvalue weighted by atomic mass is 9.73. The third-order valence-electron chi connectivity index (χ3n) is 5.58. The lowest BCUT2D eigenvalue weighted by molar-refractivity contribution is 0.00969. The van der Waals surface area contributed by atoms with Gasteiger partial charge in [0.2, 0.25) is 0 Å².